The van der Waals surface area contributed by atoms with Gasteiger partial charge in [-0.25, -0.2) is 13.4 Å². The Bertz CT molecular complexity index is 1370. The van der Waals surface area contributed by atoms with Crippen molar-refractivity contribution in [1.29, 1.82) is 0 Å². The van der Waals surface area contributed by atoms with Gasteiger partial charge in [0.05, 0.1) is 10.5 Å². The number of hydrogen-bond donors (Lipinski definition) is 1. The average Bonchev–Trinajstić information content (AvgIpc) is 3.18. The Morgan fingerprint density at radius 1 is 0.941 bits per heavy atom. The third-order valence-electron chi connectivity index (χ3n) is 4.89. The molecule has 1 aromatic heterocycles. The normalized spacial score (nSPS) is 11.9. The summed E-state index contributed by atoms with van der Waals surface area (Å²) in [5, 5.41) is 0. The predicted octanol–water partition coefficient (Wildman–Crippen LogP) is 6.05. The molecule has 0 aliphatic rings. The van der Waals surface area contributed by atoms with Crippen molar-refractivity contribution >= 4 is 15.7 Å². The Labute approximate surface area is 194 Å². The zero-order valence-corrected chi connectivity index (χ0v) is 18.7. The zero-order valence-electron chi connectivity index (χ0n) is 17.8. The van der Waals surface area contributed by atoms with Crippen molar-refractivity contribution in [3.8, 4) is 17.2 Å². The molecule has 4 rings (SSSR count). The van der Waals surface area contributed by atoms with Gasteiger partial charge >= 0.3 is 6.18 Å². The molecule has 3 aromatic carbocycles. The molecule has 1 heterocycles. The molecule has 0 saturated carbocycles. The van der Waals surface area contributed by atoms with Crippen molar-refractivity contribution in [2.75, 3.05) is 4.72 Å². The second-order valence-electron chi connectivity index (χ2n) is 7.33. The van der Waals surface area contributed by atoms with Gasteiger partial charge in [0.25, 0.3) is 10.0 Å². The van der Waals surface area contributed by atoms with Crippen LogP contribution >= 0.6 is 0 Å². The first-order valence-electron chi connectivity index (χ1n) is 10.1. The quantitative estimate of drug-likeness (QED) is 0.343. The lowest BCUT2D eigenvalue weighted by atomic mass is 10.1. The van der Waals surface area contributed by atoms with Gasteiger partial charge in [-0.15, -0.1) is 0 Å². The minimum absolute atomic E-state index is 0.0321. The maximum atomic E-state index is 12.7. The Morgan fingerprint density at radius 3 is 2.21 bits per heavy atom. The molecular formula is C24H19F3N2O4S. The van der Waals surface area contributed by atoms with E-state index >= 15 is 0 Å². The number of halogens is 3. The van der Waals surface area contributed by atoms with Crippen LogP contribution < -0.4 is 9.46 Å². The molecule has 4 aromatic rings. The van der Waals surface area contributed by atoms with Crippen LogP contribution in [0.4, 0.5) is 18.9 Å². The number of hydrogen-bond acceptors (Lipinski definition) is 5. The molecule has 0 atom stereocenters. The number of para-hydroxylation sites is 1. The van der Waals surface area contributed by atoms with Crippen LogP contribution in [0.3, 0.4) is 0 Å². The van der Waals surface area contributed by atoms with E-state index in [1.165, 1.54) is 36.4 Å². The van der Waals surface area contributed by atoms with Gasteiger partial charge in [-0.3, -0.25) is 4.72 Å². The molecule has 10 heteroatoms. The van der Waals surface area contributed by atoms with Gasteiger partial charge in [0.15, 0.2) is 0 Å². The average molecular weight is 488 g/mol. The van der Waals surface area contributed by atoms with Crippen molar-refractivity contribution in [3.05, 3.63) is 95.9 Å². The zero-order chi connectivity index (χ0) is 24.3. The standard InChI is InChI=1S/C24H19F3N2O4S/c1-16-22(28-23(33-16)17-7-9-18(10-8-17)24(25,26)27)15-32-20-11-13-21(14-12-20)34(30,31)29-19-5-3-2-4-6-19/h2-14,29H,15H2,1H3. The Hall–Kier alpha value is -3.79. The van der Waals surface area contributed by atoms with E-state index < -0.39 is 21.8 Å². The van der Waals surface area contributed by atoms with Gasteiger partial charge in [-0.2, -0.15) is 13.2 Å². The molecule has 0 saturated heterocycles. The van der Waals surface area contributed by atoms with Gasteiger partial charge in [-0.05, 0) is 67.6 Å². The summed E-state index contributed by atoms with van der Waals surface area (Å²) in [7, 11) is -3.75. The van der Waals surface area contributed by atoms with Crippen molar-refractivity contribution in [3.63, 3.8) is 0 Å². The van der Waals surface area contributed by atoms with E-state index in [0.29, 0.717) is 28.5 Å². The Balaban J connectivity index is 1.42. The largest absolute Gasteiger partial charge is 0.487 e. The second-order valence-corrected chi connectivity index (χ2v) is 9.01. The van der Waals surface area contributed by atoms with Crippen LogP contribution in [-0.2, 0) is 22.8 Å². The molecule has 0 aliphatic carbocycles. The van der Waals surface area contributed by atoms with E-state index in [4.69, 9.17) is 9.15 Å². The third-order valence-corrected chi connectivity index (χ3v) is 6.28. The highest BCUT2D eigenvalue weighted by Gasteiger charge is 2.30. The fraction of sp³-hybridized carbons (Fsp3) is 0.125. The summed E-state index contributed by atoms with van der Waals surface area (Å²) < 4.78 is 77.0. The van der Waals surface area contributed by atoms with E-state index in [1.807, 2.05) is 0 Å². The second kappa shape index (κ2) is 9.22. The minimum atomic E-state index is -4.42. The number of alkyl halides is 3. The number of oxazole rings is 1. The molecule has 0 unspecified atom stereocenters. The molecule has 6 nitrogen and oxygen atoms in total. The van der Waals surface area contributed by atoms with Crippen LogP contribution in [0.5, 0.6) is 5.75 Å². The van der Waals surface area contributed by atoms with E-state index in [2.05, 4.69) is 9.71 Å². The highest BCUT2D eigenvalue weighted by Crippen LogP contribution is 2.31. The number of rotatable bonds is 7. The SMILES string of the molecule is Cc1oc(-c2ccc(C(F)(F)F)cc2)nc1COc1ccc(S(=O)(=O)Nc2ccccc2)cc1. The number of aromatic nitrogens is 1. The Kier molecular flexibility index (Phi) is 6.34. The summed E-state index contributed by atoms with van der Waals surface area (Å²) >= 11 is 0. The molecule has 0 spiro atoms. The monoisotopic (exact) mass is 488 g/mol. The number of ether oxygens (including phenoxy) is 1. The maximum absolute atomic E-state index is 12.7. The molecule has 0 bridgehead atoms. The summed E-state index contributed by atoms with van der Waals surface area (Å²) in [5.41, 5.74) is 0.570. The first-order valence-corrected chi connectivity index (χ1v) is 11.5. The summed E-state index contributed by atoms with van der Waals surface area (Å²) in [5.74, 6) is 1.05. The van der Waals surface area contributed by atoms with Crippen LogP contribution in [0.15, 0.2) is 88.2 Å². The lowest BCUT2D eigenvalue weighted by Gasteiger charge is -2.09. The van der Waals surface area contributed by atoms with E-state index in [1.54, 1.807) is 37.3 Å². The van der Waals surface area contributed by atoms with Gasteiger partial charge in [-0.1, -0.05) is 18.2 Å². The first kappa shape index (κ1) is 23.4. The molecule has 0 amide bonds. The highest BCUT2D eigenvalue weighted by molar-refractivity contribution is 7.92. The van der Waals surface area contributed by atoms with Gasteiger partial charge < -0.3 is 9.15 Å². The lowest BCUT2D eigenvalue weighted by molar-refractivity contribution is -0.137. The van der Waals surface area contributed by atoms with Gasteiger partial charge in [0.1, 0.15) is 23.8 Å². The van der Waals surface area contributed by atoms with E-state index in [-0.39, 0.29) is 17.4 Å². The third kappa shape index (κ3) is 5.40. The highest BCUT2D eigenvalue weighted by atomic mass is 32.2. The van der Waals surface area contributed by atoms with Gasteiger partial charge in [0, 0.05) is 11.3 Å². The van der Waals surface area contributed by atoms with E-state index in [9.17, 15) is 21.6 Å². The maximum Gasteiger partial charge on any atom is 0.416 e. The fourth-order valence-corrected chi connectivity index (χ4v) is 4.13. The topological polar surface area (TPSA) is 81.4 Å². The van der Waals surface area contributed by atoms with Crippen LogP contribution in [0.1, 0.15) is 17.0 Å². The van der Waals surface area contributed by atoms with Crippen molar-refractivity contribution in [2.45, 2.75) is 24.6 Å². The lowest BCUT2D eigenvalue weighted by Crippen LogP contribution is -2.12. The summed E-state index contributed by atoms with van der Waals surface area (Å²) in [6, 6.07) is 18.9. The number of nitrogens with zero attached hydrogens (tertiary/aromatic N) is 1. The van der Waals surface area contributed by atoms with Gasteiger partial charge in [0.2, 0.25) is 5.89 Å². The Morgan fingerprint density at radius 2 is 1.59 bits per heavy atom. The minimum Gasteiger partial charge on any atom is -0.487 e. The van der Waals surface area contributed by atoms with Crippen molar-refractivity contribution < 1.29 is 30.7 Å². The summed E-state index contributed by atoms with van der Waals surface area (Å²) in [6.07, 6.45) is -4.42. The van der Waals surface area contributed by atoms with Crippen LogP contribution in [0.25, 0.3) is 11.5 Å². The predicted molar refractivity (Wildman–Crippen MR) is 120 cm³/mol. The molecule has 0 aliphatic heterocycles. The molecule has 0 radical (unpaired) electrons. The number of nitrogens with one attached hydrogen (secondary N) is 1. The molecular weight excluding hydrogens is 469 g/mol. The van der Waals surface area contributed by atoms with E-state index in [0.717, 1.165) is 12.1 Å². The number of aryl methyl sites for hydroxylation is 1. The van der Waals surface area contributed by atoms with Crippen LogP contribution in [0, 0.1) is 6.92 Å². The first-order chi connectivity index (χ1) is 16.1. The number of sulfonamides is 1. The smallest absolute Gasteiger partial charge is 0.416 e. The van der Waals surface area contributed by atoms with Crippen LogP contribution in [-0.4, -0.2) is 13.4 Å². The fourth-order valence-electron chi connectivity index (χ4n) is 3.07. The molecule has 176 valence electrons. The van der Waals surface area contributed by atoms with Crippen molar-refractivity contribution in [2.24, 2.45) is 0 Å². The summed E-state index contributed by atoms with van der Waals surface area (Å²) in [4.78, 5) is 4.39. The number of anilines is 1. The van der Waals surface area contributed by atoms with Crippen molar-refractivity contribution in [1.82, 2.24) is 4.98 Å². The summed E-state index contributed by atoms with van der Waals surface area (Å²) in [6.45, 7) is 1.70. The molecule has 1 N–H and O–H groups in total. The van der Waals surface area contributed by atoms with Crippen LogP contribution in [0.2, 0.25) is 0 Å². The number of benzene rings is 3. The molecule has 34 heavy (non-hydrogen) atoms. The molecule has 0 fully saturated rings.